The Morgan fingerprint density at radius 3 is 3.00 bits per heavy atom. The molecule has 1 heterocycles. The van der Waals surface area contributed by atoms with E-state index in [4.69, 9.17) is 11.6 Å². The fraction of sp³-hybridized carbons (Fsp3) is 0.385. The summed E-state index contributed by atoms with van der Waals surface area (Å²) in [5.41, 5.74) is 2.07. The van der Waals surface area contributed by atoms with E-state index < -0.39 is 0 Å². The Labute approximate surface area is 130 Å². The van der Waals surface area contributed by atoms with Crippen LogP contribution >= 0.6 is 34.2 Å². The highest BCUT2D eigenvalue weighted by molar-refractivity contribution is 14.1. The van der Waals surface area contributed by atoms with Gasteiger partial charge in [0.25, 0.3) is 0 Å². The number of rotatable bonds is 5. The lowest BCUT2D eigenvalue weighted by molar-refractivity contribution is -0.118. The zero-order valence-corrected chi connectivity index (χ0v) is 13.5. The molecule has 19 heavy (non-hydrogen) atoms. The zero-order valence-electron chi connectivity index (χ0n) is 10.6. The van der Waals surface area contributed by atoms with Crippen LogP contribution in [0.15, 0.2) is 18.2 Å². The largest absolute Gasteiger partial charge is 0.355 e. The van der Waals surface area contributed by atoms with Crippen LogP contribution in [-0.2, 0) is 17.8 Å². The highest BCUT2D eigenvalue weighted by atomic mass is 127. The molecule has 0 saturated carbocycles. The number of aromatic nitrogens is 2. The number of fused-ring (bicyclic) bond motifs is 1. The second kappa shape index (κ2) is 6.56. The number of amides is 1. The minimum Gasteiger partial charge on any atom is -0.355 e. The lowest BCUT2D eigenvalue weighted by Crippen LogP contribution is -2.25. The van der Waals surface area contributed by atoms with E-state index in [-0.39, 0.29) is 5.91 Å². The van der Waals surface area contributed by atoms with Gasteiger partial charge >= 0.3 is 0 Å². The smallest absolute Gasteiger partial charge is 0.216 e. The van der Waals surface area contributed by atoms with E-state index in [2.05, 4.69) is 55.7 Å². The van der Waals surface area contributed by atoms with Gasteiger partial charge in [-0.15, -0.1) is 11.6 Å². The van der Waals surface area contributed by atoms with E-state index in [1.165, 1.54) is 6.92 Å². The van der Waals surface area contributed by atoms with Crippen LogP contribution in [0.25, 0.3) is 11.0 Å². The average molecular weight is 392 g/mol. The Hall–Kier alpha value is -0.820. The summed E-state index contributed by atoms with van der Waals surface area (Å²) in [6.45, 7) is 2.83. The van der Waals surface area contributed by atoms with Crippen molar-refractivity contribution in [2.75, 3.05) is 12.4 Å². The second-order valence-electron chi connectivity index (χ2n) is 4.23. The number of aryl methyl sites for hydroxylation is 1. The van der Waals surface area contributed by atoms with Crippen LogP contribution in [0.3, 0.4) is 0 Å². The SMILES string of the molecule is CC(=O)NCCn1c(CCCl)nc2cc(I)ccc21. The van der Waals surface area contributed by atoms with Crippen LogP contribution in [0.4, 0.5) is 0 Å². The predicted octanol–water partition coefficient (Wildman–Crippen LogP) is 2.56. The number of hydrogen-bond acceptors (Lipinski definition) is 2. The monoisotopic (exact) mass is 391 g/mol. The molecule has 1 aromatic heterocycles. The van der Waals surface area contributed by atoms with Crippen molar-refractivity contribution in [3.8, 4) is 0 Å². The normalized spacial score (nSPS) is 10.9. The molecule has 0 saturated heterocycles. The molecule has 0 spiro atoms. The van der Waals surface area contributed by atoms with Gasteiger partial charge < -0.3 is 9.88 Å². The summed E-state index contributed by atoms with van der Waals surface area (Å²) in [6.07, 6.45) is 0.729. The molecule has 6 heteroatoms. The molecule has 0 bridgehead atoms. The van der Waals surface area contributed by atoms with Gasteiger partial charge in [0, 0.05) is 35.9 Å². The van der Waals surface area contributed by atoms with Gasteiger partial charge in [-0.05, 0) is 40.8 Å². The van der Waals surface area contributed by atoms with Crippen molar-refractivity contribution < 1.29 is 4.79 Å². The molecule has 0 aliphatic rings. The second-order valence-corrected chi connectivity index (χ2v) is 5.86. The topological polar surface area (TPSA) is 46.9 Å². The highest BCUT2D eigenvalue weighted by Gasteiger charge is 2.10. The highest BCUT2D eigenvalue weighted by Crippen LogP contribution is 2.19. The van der Waals surface area contributed by atoms with Crippen LogP contribution in [0.5, 0.6) is 0 Å². The van der Waals surface area contributed by atoms with Gasteiger partial charge in [-0.1, -0.05) is 0 Å². The fourth-order valence-corrected chi connectivity index (χ4v) is 2.67. The van der Waals surface area contributed by atoms with Gasteiger partial charge in [0.15, 0.2) is 0 Å². The van der Waals surface area contributed by atoms with Crippen LogP contribution in [0, 0.1) is 3.57 Å². The summed E-state index contributed by atoms with van der Waals surface area (Å²) < 4.78 is 3.29. The van der Waals surface area contributed by atoms with Crippen molar-refractivity contribution in [1.29, 1.82) is 0 Å². The first kappa shape index (κ1) is 14.6. The van der Waals surface area contributed by atoms with E-state index in [9.17, 15) is 4.79 Å². The van der Waals surface area contributed by atoms with Crippen LogP contribution in [0.1, 0.15) is 12.7 Å². The number of nitrogens with one attached hydrogen (secondary N) is 1. The van der Waals surface area contributed by atoms with E-state index in [1.54, 1.807) is 0 Å². The summed E-state index contributed by atoms with van der Waals surface area (Å²) in [5, 5.41) is 2.81. The number of carbonyl (C=O) groups excluding carboxylic acids is 1. The molecule has 1 aromatic carbocycles. The number of carbonyl (C=O) groups is 1. The lowest BCUT2D eigenvalue weighted by atomic mass is 10.3. The molecule has 4 nitrogen and oxygen atoms in total. The van der Waals surface area contributed by atoms with Crippen molar-refractivity contribution in [2.24, 2.45) is 0 Å². The number of benzene rings is 1. The summed E-state index contributed by atoms with van der Waals surface area (Å²) in [7, 11) is 0. The molecule has 0 radical (unpaired) electrons. The third kappa shape index (κ3) is 3.60. The van der Waals surface area contributed by atoms with E-state index in [1.807, 2.05) is 0 Å². The Morgan fingerprint density at radius 1 is 1.53 bits per heavy atom. The molecular formula is C13H15ClIN3O. The Balaban J connectivity index is 2.31. The Kier molecular flexibility index (Phi) is 5.04. The summed E-state index contributed by atoms with van der Waals surface area (Å²) in [4.78, 5) is 15.6. The molecule has 2 rings (SSSR count). The first-order chi connectivity index (χ1) is 9.11. The average Bonchev–Trinajstić information content (AvgIpc) is 2.66. The van der Waals surface area contributed by atoms with Gasteiger partial charge in [-0.3, -0.25) is 4.79 Å². The molecule has 0 aliphatic carbocycles. The van der Waals surface area contributed by atoms with E-state index in [0.29, 0.717) is 19.0 Å². The summed E-state index contributed by atoms with van der Waals surface area (Å²) in [5.74, 6) is 1.50. The van der Waals surface area contributed by atoms with Gasteiger partial charge in [0.1, 0.15) is 5.82 Å². The van der Waals surface area contributed by atoms with Crippen molar-refractivity contribution in [1.82, 2.24) is 14.9 Å². The van der Waals surface area contributed by atoms with Crippen LogP contribution in [0.2, 0.25) is 0 Å². The van der Waals surface area contributed by atoms with E-state index in [0.717, 1.165) is 26.8 Å². The third-order valence-electron chi connectivity index (χ3n) is 2.82. The van der Waals surface area contributed by atoms with Gasteiger partial charge in [0.05, 0.1) is 11.0 Å². The Morgan fingerprint density at radius 2 is 2.32 bits per heavy atom. The molecule has 102 valence electrons. The Bertz CT molecular complexity index is 597. The lowest BCUT2D eigenvalue weighted by Gasteiger charge is -2.08. The molecule has 0 atom stereocenters. The summed E-state index contributed by atoms with van der Waals surface area (Å²) in [6, 6.07) is 6.18. The standard InChI is InChI=1S/C13H15ClIN3O/c1-9(19)16-6-7-18-12-3-2-10(15)8-11(12)17-13(18)4-5-14/h2-3,8H,4-7H2,1H3,(H,16,19). The van der Waals surface area contributed by atoms with Crippen molar-refractivity contribution in [3.05, 3.63) is 27.6 Å². The summed E-state index contributed by atoms with van der Waals surface area (Å²) >= 11 is 8.10. The van der Waals surface area contributed by atoms with Gasteiger partial charge in [-0.25, -0.2) is 4.98 Å². The first-order valence-electron chi connectivity index (χ1n) is 6.07. The maximum Gasteiger partial charge on any atom is 0.216 e. The quantitative estimate of drug-likeness (QED) is 0.629. The van der Waals surface area contributed by atoms with Crippen molar-refractivity contribution >= 4 is 51.1 Å². The number of halogens is 2. The van der Waals surface area contributed by atoms with Crippen LogP contribution in [-0.4, -0.2) is 27.9 Å². The molecule has 1 N–H and O–H groups in total. The fourth-order valence-electron chi connectivity index (χ4n) is 2.02. The number of alkyl halides is 1. The van der Waals surface area contributed by atoms with Gasteiger partial charge in [0.2, 0.25) is 5.91 Å². The maximum atomic E-state index is 10.9. The zero-order chi connectivity index (χ0) is 13.8. The van der Waals surface area contributed by atoms with Crippen molar-refractivity contribution in [3.63, 3.8) is 0 Å². The molecule has 0 unspecified atom stereocenters. The molecule has 1 amide bonds. The molecular weight excluding hydrogens is 377 g/mol. The predicted molar refractivity (Wildman–Crippen MR) is 85.6 cm³/mol. The van der Waals surface area contributed by atoms with Crippen molar-refractivity contribution in [2.45, 2.75) is 19.9 Å². The number of imidazole rings is 1. The number of nitrogens with zero attached hydrogens (tertiary/aromatic N) is 2. The third-order valence-corrected chi connectivity index (χ3v) is 3.68. The molecule has 2 aromatic rings. The maximum absolute atomic E-state index is 10.9. The van der Waals surface area contributed by atoms with Gasteiger partial charge in [-0.2, -0.15) is 0 Å². The number of hydrogen-bond donors (Lipinski definition) is 1. The van der Waals surface area contributed by atoms with Crippen LogP contribution < -0.4 is 5.32 Å². The molecule has 0 aliphatic heterocycles. The molecule has 0 fully saturated rings. The minimum absolute atomic E-state index is 0.0159. The first-order valence-corrected chi connectivity index (χ1v) is 7.68. The minimum atomic E-state index is -0.0159. The van der Waals surface area contributed by atoms with E-state index >= 15 is 0 Å².